The number of hydrogen-bond donors (Lipinski definition) is 2. The van der Waals surface area contributed by atoms with Gasteiger partial charge in [-0.1, -0.05) is 0 Å². The topological polar surface area (TPSA) is 83.9 Å². The van der Waals surface area contributed by atoms with Crippen molar-refractivity contribution in [3.8, 4) is 5.75 Å². The summed E-state index contributed by atoms with van der Waals surface area (Å²) in [5.41, 5.74) is 1.79. The normalized spacial score (nSPS) is 19.3. The lowest BCUT2D eigenvalue weighted by Gasteiger charge is -2.27. The van der Waals surface area contributed by atoms with Crippen LogP contribution in [0.2, 0.25) is 0 Å². The molecule has 7 heteroatoms. The minimum absolute atomic E-state index is 0.228. The predicted octanol–water partition coefficient (Wildman–Crippen LogP) is 2.12. The van der Waals surface area contributed by atoms with Crippen molar-refractivity contribution in [1.29, 1.82) is 0 Å². The van der Waals surface area contributed by atoms with Crippen LogP contribution < -0.4 is 15.0 Å². The van der Waals surface area contributed by atoms with Crippen LogP contribution in [0.25, 0.3) is 0 Å². The number of nitrogens with zero attached hydrogens (tertiary/aromatic N) is 2. The highest BCUT2D eigenvalue weighted by atomic mass is 16.5. The van der Waals surface area contributed by atoms with Crippen LogP contribution in [0.4, 0.5) is 11.5 Å². The van der Waals surface area contributed by atoms with Gasteiger partial charge in [-0.15, -0.1) is 0 Å². The molecule has 4 rings (SSSR count). The van der Waals surface area contributed by atoms with Crippen LogP contribution >= 0.6 is 0 Å². The van der Waals surface area contributed by atoms with E-state index < -0.39 is 5.97 Å². The number of aromatic carboxylic acids is 1. The largest absolute Gasteiger partial charge is 0.478 e. The van der Waals surface area contributed by atoms with Gasteiger partial charge >= 0.3 is 5.97 Å². The lowest BCUT2D eigenvalue weighted by atomic mass is 10.2. The van der Waals surface area contributed by atoms with Crippen LogP contribution in [0.5, 0.6) is 5.75 Å². The molecule has 2 aromatic rings. The number of nitrogens with one attached hydrogen (secondary N) is 1. The van der Waals surface area contributed by atoms with E-state index in [9.17, 15) is 4.79 Å². The highest BCUT2D eigenvalue weighted by Gasteiger charge is 2.25. The van der Waals surface area contributed by atoms with Crippen molar-refractivity contribution in [2.75, 3.05) is 36.5 Å². The fourth-order valence-corrected chi connectivity index (χ4v) is 2.86. The molecule has 1 fully saturated rings. The Kier molecular flexibility index (Phi) is 3.70. The van der Waals surface area contributed by atoms with Gasteiger partial charge in [-0.25, -0.2) is 9.78 Å². The molecule has 124 valence electrons. The summed E-state index contributed by atoms with van der Waals surface area (Å²) in [6, 6.07) is 8.72. The molecule has 0 amide bonds. The number of carboxylic acids is 1. The van der Waals surface area contributed by atoms with Crippen LogP contribution in [-0.4, -0.2) is 42.4 Å². The second kappa shape index (κ2) is 6.01. The van der Waals surface area contributed by atoms with E-state index in [0.717, 1.165) is 37.7 Å². The standard InChI is InChI=1S/C17H17N3O4/c21-17(22)11-1-3-14-13(9-11)19-16(24-14)12-2-4-15(18-10-12)20-5-7-23-8-6-20/h1-4,9-10,16,19H,5-8H2,(H,21,22). The van der Waals surface area contributed by atoms with Gasteiger partial charge in [0.25, 0.3) is 0 Å². The third-order valence-electron chi connectivity index (χ3n) is 4.17. The van der Waals surface area contributed by atoms with E-state index in [1.807, 2.05) is 12.1 Å². The molecule has 3 heterocycles. The quantitative estimate of drug-likeness (QED) is 0.893. The summed E-state index contributed by atoms with van der Waals surface area (Å²) in [5.74, 6) is 0.604. The second-order valence-electron chi connectivity index (χ2n) is 5.71. The van der Waals surface area contributed by atoms with Gasteiger partial charge in [0.2, 0.25) is 0 Å². The minimum atomic E-state index is -0.959. The molecule has 2 aliphatic heterocycles. The van der Waals surface area contributed by atoms with Crippen LogP contribution in [0.1, 0.15) is 22.1 Å². The molecule has 0 radical (unpaired) electrons. The molecule has 2 aliphatic rings. The van der Waals surface area contributed by atoms with Gasteiger partial charge in [0.1, 0.15) is 11.6 Å². The number of carboxylic acid groups (broad SMARTS) is 1. The Morgan fingerprint density at radius 1 is 1.25 bits per heavy atom. The molecule has 1 aromatic heterocycles. The SMILES string of the molecule is O=C(O)c1ccc2c(c1)NC(c1ccc(N3CCOCC3)nc1)O2. The average Bonchev–Trinajstić information content (AvgIpc) is 3.06. The lowest BCUT2D eigenvalue weighted by Crippen LogP contribution is -2.36. The summed E-state index contributed by atoms with van der Waals surface area (Å²) < 4.78 is 11.2. The molecular weight excluding hydrogens is 310 g/mol. The summed E-state index contributed by atoms with van der Waals surface area (Å²) in [7, 11) is 0. The first-order valence-corrected chi connectivity index (χ1v) is 7.80. The molecule has 24 heavy (non-hydrogen) atoms. The number of carbonyl (C=O) groups is 1. The van der Waals surface area contributed by atoms with Crippen molar-refractivity contribution < 1.29 is 19.4 Å². The van der Waals surface area contributed by atoms with Gasteiger partial charge < -0.3 is 24.8 Å². The van der Waals surface area contributed by atoms with E-state index in [4.69, 9.17) is 14.6 Å². The fourth-order valence-electron chi connectivity index (χ4n) is 2.86. The highest BCUT2D eigenvalue weighted by molar-refractivity contribution is 5.89. The van der Waals surface area contributed by atoms with Crippen molar-refractivity contribution in [3.05, 3.63) is 47.7 Å². The van der Waals surface area contributed by atoms with Crippen LogP contribution in [-0.2, 0) is 4.74 Å². The Morgan fingerprint density at radius 2 is 2.08 bits per heavy atom. The van der Waals surface area contributed by atoms with Crippen molar-refractivity contribution in [2.45, 2.75) is 6.23 Å². The van der Waals surface area contributed by atoms with Crippen molar-refractivity contribution in [2.24, 2.45) is 0 Å². The van der Waals surface area contributed by atoms with E-state index in [0.29, 0.717) is 11.4 Å². The fraction of sp³-hybridized carbons (Fsp3) is 0.294. The number of aromatic nitrogens is 1. The van der Waals surface area contributed by atoms with Gasteiger partial charge in [-0.2, -0.15) is 0 Å². The number of hydrogen-bond acceptors (Lipinski definition) is 6. The zero-order valence-electron chi connectivity index (χ0n) is 12.9. The number of morpholine rings is 1. The molecule has 1 atom stereocenters. The van der Waals surface area contributed by atoms with Crippen molar-refractivity contribution in [1.82, 2.24) is 4.98 Å². The Hall–Kier alpha value is -2.80. The van der Waals surface area contributed by atoms with Gasteiger partial charge in [-0.05, 0) is 30.3 Å². The van der Waals surface area contributed by atoms with Crippen LogP contribution in [0, 0.1) is 0 Å². The Labute approximate surface area is 138 Å². The van der Waals surface area contributed by atoms with Crippen LogP contribution in [0.15, 0.2) is 36.5 Å². The smallest absolute Gasteiger partial charge is 0.335 e. The van der Waals surface area contributed by atoms with E-state index in [1.165, 1.54) is 6.07 Å². The molecular formula is C17H17N3O4. The van der Waals surface area contributed by atoms with E-state index in [-0.39, 0.29) is 11.8 Å². The lowest BCUT2D eigenvalue weighted by molar-refractivity contribution is 0.0697. The van der Waals surface area contributed by atoms with E-state index in [2.05, 4.69) is 15.2 Å². The molecule has 0 aliphatic carbocycles. The number of ether oxygens (including phenoxy) is 2. The predicted molar refractivity (Wildman–Crippen MR) is 87.7 cm³/mol. The zero-order chi connectivity index (χ0) is 16.5. The van der Waals surface area contributed by atoms with Crippen molar-refractivity contribution >= 4 is 17.5 Å². The first kappa shape index (κ1) is 14.8. The van der Waals surface area contributed by atoms with Crippen molar-refractivity contribution in [3.63, 3.8) is 0 Å². The first-order chi connectivity index (χ1) is 11.7. The third-order valence-corrected chi connectivity index (χ3v) is 4.17. The molecule has 0 spiro atoms. The van der Waals surface area contributed by atoms with Gasteiger partial charge in [0.05, 0.1) is 24.5 Å². The summed E-state index contributed by atoms with van der Waals surface area (Å²) in [6.07, 6.45) is 1.42. The van der Waals surface area contributed by atoms with Gasteiger partial charge in [-0.3, -0.25) is 0 Å². The first-order valence-electron chi connectivity index (χ1n) is 7.80. The minimum Gasteiger partial charge on any atom is -0.478 e. The summed E-state index contributed by atoms with van der Waals surface area (Å²) in [4.78, 5) is 17.7. The molecule has 7 nitrogen and oxygen atoms in total. The Bertz CT molecular complexity index is 757. The summed E-state index contributed by atoms with van der Waals surface area (Å²) in [6.45, 7) is 3.12. The third kappa shape index (κ3) is 2.74. The molecule has 0 saturated carbocycles. The Balaban J connectivity index is 1.49. The molecule has 2 N–H and O–H groups in total. The number of fused-ring (bicyclic) bond motifs is 1. The summed E-state index contributed by atoms with van der Waals surface area (Å²) >= 11 is 0. The summed E-state index contributed by atoms with van der Waals surface area (Å²) in [5, 5.41) is 12.2. The zero-order valence-corrected chi connectivity index (χ0v) is 12.9. The highest BCUT2D eigenvalue weighted by Crippen LogP contribution is 2.38. The monoisotopic (exact) mass is 327 g/mol. The molecule has 1 saturated heterocycles. The van der Waals surface area contributed by atoms with Gasteiger partial charge in [0, 0.05) is 24.8 Å². The number of rotatable bonds is 3. The maximum Gasteiger partial charge on any atom is 0.335 e. The maximum absolute atomic E-state index is 11.0. The van der Waals surface area contributed by atoms with E-state index in [1.54, 1.807) is 18.3 Å². The molecule has 0 bridgehead atoms. The second-order valence-corrected chi connectivity index (χ2v) is 5.71. The Morgan fingerprint density at radius 3 is 2.79 bits per heavy atom. The van der Waals surface area contributed by atoms with Gasteiger partial charge in [0.15, 0.2) is 6.23 Å². The number of benzene rings is 1. The number of pyridine rings is 1. The average molecular weight is 327 g/mol. The van der Waals surface area contributed by atoms with Crippen LogP contribution in [0.3, 0.4) is 0 Å². The molecule has 1 aromatic carbocycles. The maximum atomic E-state index is 11.0. The number of anilines is 2. The van der Waals surface area contributed by atoms with E-state index >= 15 is 0 Å². The molecule has 1 unspecified atom stereocenters.